The van der Waals surface area contributed by atoms with Gasteiger partial charge in [0.05, 0.1) is 17.4 Å². The monoisotopic (exact) mass is 602 g/mol. The maximum atomic E-state index is 14.1. The molecular formula is C33H43FN6O2Si. The van der Waals surface area contributed by atoms with Crippen LogP contribution in [-0.4, -0.2) is 64.3 Å². The summed E-state index contributed by atoms with van der Waals surface area (Å²) in [6.45, 7) is 11.4. The summed E-state index contributed by atoms with van der Waals surface area (Å²) in [4.78, 5) is 16.7. The Morgan fingerprint density at radius 3 is 2.40 bits per heavy atom. The molecule has 3 heterocycles. The zero-order valence-corrected chi connectivity index (χ0v) is 26.8. The average molecular weight is 603 g/mol. The minimum atomic E-state index is -1.31. The largest absolute Gasteiger partial charge is 0.382 e. The van der Waals surface area contributed by atoms with Crippen molar-refractivity contribution in [1.82, 2.24) is 24.4 Å². The third-order valence-electron chi connectivity index (χ3n) is 8.08. The number of piperidine rings is 1. The summed E-state index contributed by atoms with van der Waals surface area (Å²) in [7, 11) is 0.752. The molecule has 4 aromatic rings. The lowest BCUT2D eigenvalue weighted by Crippen LogP contribution is -2.42. The molecule has 5 rings (SSSR count). The maximum Gasteiger partial charge on any atom is 0.223 e. The number of hydrogen-bond acceptors (Lipinski definition) is 7. The molecule has 228 valence electrons. The second-order valence-electron chi connectivity index (χ2n) is 12.8. The first-order valence-electron chi connectivity index (χ1n) is 15.0. The third-order valence-corrected chi connectivity index (χ3v) is 9.78. The SMILES string of the molecule is CC(Nc1nccc(-c2nc(C3(O)CCN(C)CC3)n(COCC[Si](C)(C)C)c2-c2ccc(F)cc2)n1)c1ccccc1. The number of nitrogens with one attached hydrogen (secondary N) is 1. The Morgan fingerprint density at radius 2 is 1.72 bits per heavy atom. The van der Waals surface area contributed by atoms with Gasteiger partial charge in [-0.2, -0.15) is 0 Å². The molecule has 10 heteroatoms. The highest BCUT2D eigenvalue weighted by atomic mass is 28.3. The van der Waals surface area contributed by atoms with Crippen molar-refractivity contribution in [1.29, 1.82) is 0 Å². The van der Waals surface area contributed by atoms with Gasteiger partial charge in [-0.25, -0.2) is 19.3 Å². The normalized spacial score (nSPS) is 16.3. The van der Waals surface area contributed by atoms with Crippen molar-refractivity contribution in [3.63, 3.8) is 0 Å². The van der Waals surface area contributed by atoms with E-state index in [1.54, 1.807) is 18.3 Å². The number of hydrogen-bond donors (Lipinski definition) is 2. The molecule has 0 bridgehead atoms. The topological polar surface area (TPSA) is 88.3 Å². The first kappa shape index (κ1) is 31.0. The number of aliphatic hydroxyl groups is 1. The molecule has 0 spiro atoms. The van der Waals surface area contributed by atoms with Crippen LogP contribution < -0.4 is 5.32 Å². The van der Waals surface area contributed by atoms with Crippen LogP contribution in [0.5, 0.6) is 0 Å². The minimum Gasteiger partial charge on any atom is -0.382 e. The smallest absolute Gasteiger partial charge is 0.223 e. The zero-order valence-electron chi connectivity index (χ0n) is 25.8. The Morgan fingerprint density at radius 1 is 1.02 bits per heavy atom. The van der Waals surface area contributed by atoms with Crippen LogP contribution in [0.25, 0.3) is 22.6 Å². The van der Waals surface area contributed by atoms with Gasteiger partial charge in [-0.05, 0) is 68.8 Å². The number of rotatable bonds is 11. The minimum absolute atomic E-state index is 0.0131. The molecule has 2 aromatic carbocycles. The second-order valence-corrected chi connectivity index (χ2v) is 18.4. The molecule has 8 nitrogen and oxygen atoms in total. The van der Waals surface area contributed by atoms with Crippen LogP contribution in [0.1, 0.15) is 37.2 Å². The molecule has 43 heavy (non-hydrogen) atoms. The highest BCUT2D eigenvalue weighted by Gasteiger charge is 2.39. The summed E-state index contributed by atoms with van der Waals surface area (Å²) in [5.74, 6) is 0.702. The lowest BCUT2D eigenvalue weighted by atomic mass is 9.90. The van der Waals surface area contributed by atoms with Crippen molar-refractivity contribution >= 4 is 14.0 Å². The van der Waals surface area contributed by atoms with Crippen LogP contribution in [0.2, 0.25) is 25.7 Å². The Balaban J connectivity index is 1.59. The van der Waals surface area contributed by atoms with Gasteiger partial charge >= 0.3 is 0 Å². The van der Waals surface area contributed by atoms with Crippen LogP contribution in [0, 0.1) is 5.82 Å². The maximum absolute atomic E-state index is 14.1. The molecule has 0 amide bonds. The fourth-order valence-electron chi connectivity index (χ4n) is 5.34. The molecule has 0 saturated carbocycles. The van der Waals surface area contributed by atoms with Crippen molar-refractivity contribution in [2.45, 2.75) is 63.8 Å². The quantitative estimate of drug-likeness (QED) is 0.149. The first-order valence-corrected chi connectivity index (χ1v) is 18.7. The van der Waals surface area contributed by atoms with E-state index >= 15 is 0 Å². The van der Waals surface area contributed by atoms with Gasteiger partial charge in [-0.15, -0.1) is 0 Å². The molecule has 1 atom stereocenters. The van der Waals surface area contributed by atoms with E-state index in [0.29, 0.717) is 42.6 Å². The lowest BCUT2D eigenvalue weighted by molar-refractivity contribution is -0.0357. The fraction of sp³-hybridized carbons (Fsp3) is 0.424. The molecule has 0 radical (unpaired) electrons. The van der Waals surface area contributed by atoms with E-state index in [0.717, 1.165) is 36.0 Å². The van der Waals surface area contributed by atoms with Gasteiger partial charge in [0, 0.05) is 39.5 Å². The van der Waals surface area contributed by atoms with Crippen LogP contribution in [-0.2, 0) is 17.1 Å². The zero-order chi connectivity index (χ0) is 30.6. The fourth-order valence-corrected chi connectivity index (χ4v) is 6.09. The second kappa shape index (κ2) is 13.0. The molecule has 0 aliphatic carbocycles. The number of imidazole rings is 1. The van der Waals surface area contributed by atoms with E-state index in [4.69, 9.17) is 14.7 Å². The molecular weight excluding hydrogens is 559 g/mol. The highest BCUT2D eigenvalue weighted by Crippen LogP contribution is 2.39. The van der Waals surface area contributed by atoms with Crippen LogP contribution in [0.3, 0.4) is 0 Å². The van der Waals surface area contributed by atoms with E-state index < -0.39 is 13.7 Å². The van der Waals surface area contributed by atoms with Crippen LogP contribution >= 0.6 is 0 Å². The van der Waals surface area contributed by atoms with Gasteiger partial charge in [0.15, 0.2) is 0 Å². The standard InChI is InChI=1S/C33H43FN6O2Si/c1-24(25-9-7-6-8-10-25)36-32-35-18-15-28(37-32)29-30(26-11-13-27(34)14-12-26)40(23-42-21-22-43(3,4)5)31(38-29)33(41)16-19-39(2)20-17-33/h6-15,18,24,41H,16-17,19-23H2,1-5H3,(H,35,36,37). The number of nitrogens with zero attached hydrogens (tertiary/aromatic N) is 5. The average Bonchev–Trinajstić information content (AvgIpc) is 3.38. The van der Waals surface area contributed by atoms with Crippen molar-refractivity contribution in [3.8, 4) is 22.6 Å². The van der Waals surface area contributed by atoms with Crippen molar-refractivity contribution in [3.05, 3.63) is 84.1 Å². The number of aromatic nitrogens is 4. The Hall–Kier alpha value is -3.44. The summed E-state index contributed by atoms with van der Waals surface area (Å²) in [6.07, 6.45) is 2.80. The van der Waals surface area contributed by atoms with Gasteiger partial charge in [0.1, 0.15) is 29.7 Å². The van der Waals surface area contributed by atoms with E-state index in [-0.39, 0.29) is 18.6 Å². The van der Waals surface area contributed by atoms with Crippen molar-refractivity contribution in [2.75, 3.05) is 32.1 Å². The van der Waals surface area contributed by atoms with E-state index in [1.165, 1.54) is 12.1 Å². The molecule has 1 unspecified atom stereocenters. The molecule has 2 aromatic heterocycles. The van der Waals surface area contributed by atoms with Crippen LogP contribution in [0.15, 0.2) is 66.9 Å². The molecule has 2 N–H and O–H groups in total. The number of halogens is 1. The lowest BCUT2D eigenvalue weighted by Gasteiger charge is -2.36. The first-order chi connectivity index (χ1) is 20.5. The van der Waals surface area contributed by atoms with Gasteiger partial charge in [-0.3, -0.25) is 0 Å². The molecule has 1 aliphatic rings. The predicted molar refractivity (Wildman–Crippen MR) is 172 cm³/mol. The molecule has 1 fully saturated rings. The van der Waals surface area contributed by atoms with E-state index in [9.17, 15) is 9.50 Å². The van der Waals surface area contributed by atoms with Gasteiger partial charge < -0.3 is 24.6 Å². The number of benzene rings is 2. The third kappa shape index (κ3) is 7.56. The van der Waals surface area contributed by atoms with Gasteiger partial charge in [0.25, 0.3) is 0 Å². The molecule has 1 aliphatic heterocycles. The number of anilines is 1. The van der Waals surface area contributed by atoms with Gasteiger partial charge in [0.2, 0.25) is 5.95 Å². The highest BCUT2D eigenvalue weighted by molar-refractivity contribution is 6.76. The Labute approximate surface area is 255 Å². The van der Waals surface area contributed by atoms with E-state index in [2.05, 4.69) is 60.9 Å². The van der Waals surface area contributed by atoms with E-state index in [1.807, 2.05) is 28.8 Å². The summed E-state index contributed by atoms with van der Waals surface area (Å²) >= 11 is 0. The summed E-state index contributed by atoms with van der Waals surface area (Å²) in [5, 5.41) is 15.4. The molecule has 1 saturated heterocycles. The summed E-state index contributed by atoms with van der Waals surface area (Å²) < 4.78 is 22.3. The Bertz CT molecular complexity index is 1500. The van der Waals surface area contributed by atoms with Crippen LogP contribution in [0.4, 0.5) is 10.3 Å². The number of ether oxygens (including phenoxy) is 1. The van der Waals surface area contributed by atoms with Crippen molar-refractivity contribution < 1.29 is 14.2 Å². The summed E-state index contributed by atoms with van der Waals surface area (Å²) in [6, 6.07) is 19.3. The van der Waals surface area contributed by atoms with Crippen molar-refractivity contribution in [2.24, 2.45) is 0 Å². The Kier molecular flexibility index (Phi) is 9.41. The number of likely N-dealkylation sites (tertiary alicyclic amines) is 1. The predicted octanol–water partition coefficient (Wildman–Crippen LogP) is 6.54. The summed E-state index contributed by atoms with van der Waals surface area (Å²) in [5.41, 5.74) is 2.69. The van der Waals surface area contributed by atoms with Gasteiger partial charge in [-0.1, -0.05) is 50.0 Å².